The average molecular weight is 247 g/mol. The number of rotatable bonds is 5. The molecule has 1 heterocycles. The quantitative estimate of drug-likeness (QED) is 0.615. The lowest BCUT2D eigenvalue weighted by molar-refractivity contribution is 0.237. The summed E-state index contributed by atoms with van der Waals surface area (Å²) < 4.78 is 5.78. The largest absolute Gasteiger partial charge is 0.492 e. The van der Waals surface area contributed by atoms with Crippen molar-refractivity contribution in [2.24, 2.45) is 5.73 Å². The fourth-order valence-corrected chi connectivity index (χ4v) is 2.27. The Morgan fingerprint density at radius 3 is 2.72 bits per heavy atom. The van der Waals surface area contributed by atoms with Gasteiger partial charge < -0.3 is 10.5 Å². The van der Waals surface area contributed by atoms with Crippen molar-refractivity contribution in [3.63, 3.8) is 0 Å². The average Bonchev–Trinajstić information content (AvgIpc) is 2.84. The van der Waals surface area contributed by atoms with Crippen LogP contribution >= 0.6 is 0 Å². The van der Waals surface area contributed by atoms with E-state index in [4.69, 9.17) is 15.9 Å². The van der Waals surface area contributed by atoms with Gasteiger partial charge in [-0.1, -0.05) is 0 Å². The van der Waals surface area contributed by atoms with E-state index in [-0.39, 0.29) is 5.84 Å². The van der Waals surface area contributed by atoms with Gasteiger partial charge in [0.15, 0.2) is 0 Å². The van der Waals surface area contributed by atoms with Crippen LogP contribution in [-0.4, -0.2) is 37.0 Å². The molecule has 18 heavy (non-hydrogen) atoms. The predicted octanol–water partition coefficient (Wildman–Crippen LogP) is 1.75. The van der Waals surface area contributed by atoms with Crippen molar-refractivity contribution in [3.05, 3.63) is 29.3 Å². The Bertz CT molecular complexity index is 425. The molecule has 0 radical (unpaired) electrons. The highest BCUT2D eigenvalue weighted by Gasteiger charge is 2.11. The summed E-state index contributed by atoms with van der Waals surface area (Å²) in [6.45, 7) is 6.10. The molecule has 0 amide bonds. The Morgan fingerprint density at radius 2 is 2.11 bits per heavy atom. The fraction of sp³-hybridized carbons (Fsp3) is 0.500. The minimum atomic E-state index is 0.0988. The lowest BCUT2D eigenvalue weighted by Crippen LogP contribution is -2.25. The van der Waals surface area contributed by atoms with E-state index in [1.165, 1.54) is 25.9 Å². The maximum Gasteiger partial charge on any atom is 0.122 e. The Morgan fingerprint density at radius 1 is 1.39 bits per heavy atom. The van der Waals surface area contributed by atoms with Gasteiger partial charge in [0.05, 0.1) is 0 Å². The van der Waals surface area contributed by atoms with Crippen molar-refractivity contribution in [1.82, 2.24) is 4.90 Å². The molecule has 0 bridgehead atoms. The number of nitrogens with one attached hydrogen (secondary N) is 1. The number of amidine groups is 1. The third-order valence-electron chi connectivity index (χ3n) is 3.35. The summed E-state index contributed by atoms with van der Waals surface area (Å²) >= 11 is 0. The second-order valence-corrected chi connectivity index (χ2v) is 4.79. The molecular weight excluding hydrogens is 226 g/mol. The summed E-state index contributed by atoms with van der Waals surface area (Å²) in [5.74, 6) is 0.987. The summed E-state index contributed by atoms with van der Waals surface area (Å²) in [6.07, 6.45) is 2.62. The summed E-state index contributed by atoms with van der Waals surface area (Å²) in [6, 6.07) is 5.63. The minimum absolute atomic E-state index is 0.0988. The number of hydrogen-bond donors (Lipinski definition) is 2. The Hall–Kier alpha value is -1.55. The Kier molecular flexibility index (Phi) is 4.20. The number of benzene rings is 1. The van der Waals surface area contributed by atoms with Crippen molar-refractivity contribution in [3.8, 4) is 5.75 Å². The van der Waals surface area contributed by atoms with E-state index >= 15 is 0 Å². The van der Waals surface area contributed by atoms with Crippen LogP contribution in [0.1, 0.15) is 24.0 Å². The SMILES string of the molecule is Cc1cc(C(=N)N)ccc1OCCN1CCCC1. The maximum atomic E-state index is 7.38. The van der Waals surface area contributed by atoms with Crippen LogP contribution in [0.2, 0.25) is 0 Å². The highest BCUT2D eigenvalue weighted by Crippen LogP contribution is 2.19. The molecule has 1 aliphatic heterocycles. The zero-order chi connectivity index (χ0) is 13.0. The monoisotopic (exact) mass is 247 g/mol. The zero-order valence-corrected chi connectivity index (χ0v) is 10.9. The van der Waals surface area contributed by atoms with Gasteiger partial charge in [-0.25, -0.2) is 0 Å². The molecule has 1 saturated heterocycles. The number of nitrogens with two attached hydrogens (primary N) is 1. The van der Waals surface area contributed by atoms with Crippen LogP contribution in [0.15, 0.2) is 18.2 Å². The summed E-state index contributed by atoms with van der Waals surface area (Å²) in [7, 11) is 0. The molecule has 4 nitrogen and oxygen atoms in total. The van der Waals surface area contributed by atoms with Crippen molar-refractivity contribution in [2.75, 3.05) is 26.2 Å². The zero-order valence-electron chi connectivity index (χ0n) is 10.9. The summed E-state index contributed by atoms with van der Waals surface area (Å²) in [4.78, 5) is 2.43. The van der Waals surface area contributed by atoms with Crippen LogP contribution < -0.4 is 10.5 Å². The fourth-order valence-electron chi connectivity index (χ4n) is 2.27. The first-order valence-corrected chi connectivity index (χ1v) is 6.47. The molecule has 1 aromatic rings. The van der Waals surface area contributed by atoms with E-state index < -0.39 is 0 Å². The first-order valence-electron chi connectivity index (χ1n) is 6.47. The van der Waals surface area contributed by atoms with E-state index in [9.17, 15) is 0 Å². The van der Waals surface area contributed by atoms with Crippen molar-refractivity contribution < 1.29 is 4.74 Å². The van der Waals surface area contributed by atoms with Crippen molar-refractivity contribution >= 4 is 5.84 Å². The summed E-state index contributed by atoms with van der Waals surface area (Å²) in [5, 5.41) is 7.38. The second kappa shape index (κ2) is 5.87. The van der Waals surface area contributed by atoms with Crippen molar-refractivity contribution in [2.45, 2.75) is 19.8 Å². The van der Waals surface area contributed by atoms with Gasteiger partial charge in [-0.05, 0) is 56.6 Å². The molecule has 2 rings (SSSR count). The highest BCUT2D eigenvalue weighted by molar-refractivity contribution is 5.95. The number of nitrogens with zero attached hydrogens (tertiary/aromatic N) is 1. The van der Waals surface area contributed by atoms with E-state index in [1.807, 2.05) is 25.1 Å². The Labute approximate surface area is 108 Å². The van der Waals surface area contributed by atoms with E-state index in [1.54, 1.807) is 0 Å². The molecule has 1 aromatic carbocycles. The van der Waals surface area contributed by atoms with Gasteiger partial charge in [0.2, 0.25) is 0 Å². The lowest BCUT2D eigenvalue weighted by Gasteiger charge is -2.16. The first-order chi connectivity index (χ1) is 8.66. The molecule has 4 heteroatoms. The number of aryl methyl sites for hydroxylation is 1. The molecule has 0 saturated carbocycles. The number of likely N-dealkylation sites (tertiary alicyclic amines) is 1. The minimum Gasteiger partial charge on any atom is -0.492 e. The van der Waals surface area contributed by atoms with Crippen LogP contribution in [0.5, 0.6) is 5.75 Å². The second-order valence-electron chi connectivity index (χ2n) is 4.79. The molecule has 98 valence electrons. The van der Waals surface area contributed by atoms with E-state index in [2.05, 4.69) is 4.90 Å². The van der Waals surface area contributed by atoms with Crippen LogP contribution in [0.3, 0.4) is 0 Å². The van der Waals surface area contributed by atoms with Gasteiger partial charge >= 0.3 is 0 Å². The maximum absolute atomic E-state index is 7.38. The molecule has 0 atom stereocenters. The molecule has 0 aromatic heterocycles. The Balaban J connectivity index is 1.87. The van der Waals surface area contributed by atoms with Gasteiger partial charge in [0.1, 0.15) is 18.2 Å². The van der Waals surface area contributed by atoms with Crippen LogP contribution in [0.4, 0.5) is 0 Å². The molecule has 0 spiro atoms. The molecule has 3 N–H and O–H groups in total. The molecule has 0 aliphatic carbocycles. The number of ether oxygens (including phenoxy) is 1. The normalized spacial score (nSPS) is 15.8. The number of nitrogen functional groups attached to an aromatic ring is 1. The third-order valence-corrected chi connectivity index (χ3v) is 3.35. The van der Waals surface area contributed by atoms with E-state index in [0.717, 1.165) is 30.0 Å². The van der Waals surface area contributed by atoms with Gasteiger partial charge in [0.25, 0.3) is 0 Å². The van der Waals surface area contributed by atoms with Crippen molar-refractivity contribution in [1.29, 1.82) is 5.41 Å². The predicted molar refractivity (Wildman–Crippen MR) is 73.4 cm³/mol. The van der Waals surface area contributed by atoms with Crippen LogP contribution in [0, 0.1) is 12.3 Å². The van der Waals surface area contributed by atoms with Gasteiger partial charge in [-0.3, -0.25) is 10.3 Å². The number of hydrogen-bond acceptors (Lipinski definition) is 3. The third kappa shape index (κ3) is 3.23. The molecule has 1 aliphatic rings. The topological polar surface area (TPSA) is 62.3 Å². The van der Waals surface area contributed by atoms with E-state index in [0.29, 0.717) is 0 Å². The van der Waals surface area contributed by atoms with Crippen LogP contribution in [0.25, 0.3) is 0 Å². The molecular formula is C14H21N3O. The highest BCUT2D eigenvalue weighted by atomic mass is 16.5. The first kappa shape index (κ1) is 12.9. The lowest BCUT2D eigenvalue weighted by atomic mass is 10.1. The standard InChI is InChI=1S/C14H21N3O/c1-11-10-12(14(15)16)4-5-13(11)18-9-8-17-6-2-3-7-17/h4-5,10H,2-3,6-9H2,1H3,(H3,15,16). The molecule has 0 unspecified atom stereocenters. The van der Waals surface area contributed by atoms with Gasteiger partial charge in [0, 0.05) is 12.1 Å². The molecule has 1 fully saturated rings. The van der Waals surface area contributed by atoms with Crippen LogP contribution in [-0.2, 0) is 0 Å². The van der Waals surface area contributed by atoms with Gasteiger partial charge in [-0.15, -0.1) is 0 Å². The summed E-state index contributed by atoms with van der Waals surface area (Å²) in [5.41, 5.74) is 7.23. The van der Waals surface area contributed by atoms with Gasteiger partial charge in [-0.2, -0.15) is 0 Å². The smallest absolute Gasteiger partial charge is 0.122 e.